The third-order valence-electron chi connectivity index (χ3n) is 4.58. The Morgan fingerprint density at radius 1 is 1.36 bits per heavy atom. The molecule has 1 unspecified atom stereocenters. The lowest BCUT2D eigenvalue weighted by molar-refractivity contribution is 0.358. The summed E-state index contributed by atoms with van der Waals surface area (Å²) in [5.41, 5.74) is 1.39. The molecule has 1 fully saturated rings. The lowest BCUT2D eigenvalue weighted by atomic mass is 9.86. The molecule has 1 aromatic carbocycles. The average Bonchev–Trinajstić information content (AvgIpc) is 2.92. The van der Waals surface area contributed by atoms with E-state index in [4.69, 9.17) is 11.6 Å². The molecule has 0 spiro atoms. The Bertz CT molecular complexity index is 562. The molecule has 1 saturated heterocycles. The van der Waals surface area contributed by atoms with E-state index in [1.165, 1.54) is 25.1 Å². The fourth-order valence-electron chi connectivity index (χ4n) is 3.24. The quantitative estimate of drug-likeness (QED) is 0.372. The molecule has 4 nitrogen and oxygen atoms in total. The predicted octanol–water partition coefficient (Wildman–Crippen LogP) is 3.64. The maximum Gasteiger partial charge on any atom is 0.191 e. The lowest BCUT2D eigenvalue weighted by Crippen LogP contribution is -2.44. The van der Waals surface area contributed by atoms with Crippen molar-refractivity contribution in [2.75, 3.05) is 40.3 Å². The van der Waals surface area contributed by atoms with Gasteiger partial charge in [0.1, 0.15) is 0 Å². The van der Waals surface area contributed by atoms with Gasteiger partial charge in [0.25, 0.3) is 0 Å². The highest BCUT2D eigenvalue weighted by atomic mass is 127. The van der Waals surface area contributed by atoms with Crippen molar-refractivity contribution in [2.24, 2.45) is 16.3 Å². The Balaban J connectivity index is 0.00000312. The average molecular weight is 479 g/mol. The molecule has 1 aliphatic heterocycles. The topological polar surface area (TPSA) is 39.7 Å². The first kappa shape index (κ1) is 22.5. The monoisotopic (exact) mass is 478 g/mol. The Morgan fingerprint density at radius 2 is 2.12 bits per heavy atom. The van der Waals surface area contributed by atoms with E-state index in [0.29, 0.717) is 5.92 Å². The number of hydrogen-bond acceptors (Lipinski definition) is 2. The number of nitrogens with one attached hydrogen (secondary N) is 2. The van der Waals surface area contributed by atoms with Crippen molar-refractivity contribution in [3.63, 3.8) is 0 Å². The van der Waals surface area contributed by atoms with Crippen LogP contribution in [0, 0.1) is 11.3 Å². The Hall–Kier alpha value is -0.530. The summed E-state index contributed by atoms with van der Waals surface area (Å²) in [6, 6.07) is 8.12. The number of halogens is 2. The van der Waals surface area contributed by atoms with Crippen LogP contribution in [0.1, 0.15) is 25.8 Å². The second-order valence-corrected chi connectivity index (χ2v) is 8.13. The Kier molecular flexibility index (Phi) is 9.52. The van der Waals surface area contributed by atoms with E-state index in [1.54, 1.807) is 0 Å². The number of hydrogen-bond donors (Lipinski definition) is 2. The Labute approximate surface area is 174 Å². The summed E-state index contributed by atoms with van der Waals surface area (Å²) >= 11 is 6.09. The van der Waals surface area contributed by atoms with Crippen molar-refractivity contribution in [3.8, 4) is 0 Å². The molecule has 1 atom stereocenters. The number of nitrogens with zero attached hydrogens (tertiary/aromatic N) is 2. The molecule has 0 aromatic heterocycles. The van der Waals surface area contributed by atoms with Gasteiger partial charge in [0, 0.05) is 31.7 Å². The van der Waals surface area contributed by atoms with Gasteiger partial charge in [-0.05, 0) is 55.5 Å². The molecule has 0 saturated carbocycles. The van der Waals surface area contributed by atoms with Crippen LogP contribution >= 0.6 is 35.6 Å². The molecule has 1 heterocycles. The van der Waals surface area contributed by atoms with E-state index >= 15 is 0 Å². The molecular formula is C19H32ClIN4. The van der Waals surface area contributed by atoms with E-state index < -0.39 is 0 Å². The van der Waals surface area contributed by atoms with Gasteiger partial charge in [0.05, 0.1) is 0 Å². The van der Waals surface area contributed by atoms with Gasteiger partial charge in [-0.2, -0.15) is 0 Å². The van der Waals surface area contributed by atoms with Gasteiger partial charge in [-0.25, -0.2) is 0 Å². The van der Waals surface area contributed by atoms with Crippen molar-refractivity contribution in [3.05, 3.63) is 34.9 Å². The molecule has 25 heavy (non-hydrogen) atoms. The van der Waals surface area contributed by atoms with Crippen LogP contribution in [0.25, 0.3) is 0 Å². The number of likely N-dealkylation sites (tertiary alicyclic amines) is 1. The van der Waals surface area contributed by atoms with Crippen LogP contribution in [-0.2, 0) is 6.42 Å². The zero-order chi connectivity index (χ0) is 17.6. The second-order valence-electron chi connectivity index (χ2n) is 7.69. The zero-order valence-corrected chi connectivity index (χ0v) is 18.9. The first-order valence-corrected chi connectivity index (χ1v) is 9.13. The molecule has 2 N–H and O–H groups in total. The first-order chi connectivity index (χ1) is 11.4. The normalized spacial score (nSPS) is 18.8. The van der Waals surface area contributed by atoms with Gasteiger partial charge in [0.15, 0.2) is 5.96 Å². The third-order valence-corrected chi connectivity index (χ3v) is 4.81. The van der Waals surface area contributed by atoms with Gasteiger partial charge < -0.3 is 15.5 Å². The first-order valence-electron chi connectivity index (χ1n) is 8.75. The van der Waals surface area contributed by atoms with E-state index in [9.17, 15) is 0 Å². The van der Waals surface area contributed by atoms with Crippen LogP contribution in [0.5, 0.6) is 0 Å². The highest BCUT2D eigenvalue weighted by Gasteiger charge is 2.21. The van der Waals surface area contributed by atoms with Gasteiger partial charge in [0.2, 0.25) is 0 Å². The summed E-state index contributed by atoms with van der Waals surface area (Å²) < 4.78 is 0. The van der Waals surface area contributed by atoms with Crippen molar-refractivity contribution in [1.82, 2.24) is 15.5 Å². The Morgan fingerprint density at radius 3 is 2.72 bits per heavy atom. The fourth-order valence-corrected chi connectivity index (χ4v) is 3.45. The fraction of sp³-hybridized carbons (Fsp3) is 0.632. The van der Waals surface area contributed by atoms with E-state index in [0.717, 1.165) is 30.5 Å². The van der Waals surface area contributed by atoms with Gasteiger partial charge in [-0.3, -0.25) is 4.99 Å². The lowest BCUT2D eigenvalue weighted by Gasteiger charge is -2.26. The smallest absolute Gasteiger partial charge is 0.191 e. The van der Waals surface area contributed by atoms with Crippen molar-refractivity contribution < 1.29 is 0 Å². The summed E-state index contributed by atoms with van der Waals surface area (Å²) in [5, 5.41) is 7.74. The maximum atomic E-state index is 6.09. The minimum absolute atomic E-state index is 0. The summed E-state index contributed by atoms with van der Waals surface area (Å²) in [4.78, 5) is 6.74. The number of guanidine groups is 1. The number of rotatable bonds is 6. The standard InChI is InChI=1S/C19H31ClN4.HI/c1-19(2,11-15-6-5-7-17(20)10-15)14-23-18(21-3)22-12-16-8-9-24(4)13-16;/h5-7,10,16H,8-9,11-14H2,1-4H3,(H2,21,22,23);1H. The van der Waals surface area contributed by atoms with Crippen molar-refractivity contribution >= 4 is 41.5 Å². The molecule has 6 heteroatoms. The second kappa shape index (κ2) is 10.6. The maximum absolute atomic E-state index is 6.09. The molecule has 142 valence electrons. The number of benzene rings is 1. The summed E-state index contributed by atoms with van der Waals surface area (Å²) in [6.07, 6.45) is 2.24. The van der Waals surface area contributed by atoms with E-state index in [1.807, 2.05) is 25.2 Å². The highest BCUT2D eigenvalue weighted by Crippen LogP contribution is 2.22. The summed E-state index contributed by atoms with van der Waals surface area (Å²) in [5.74, 6) is 1.61. The van der Waals surface area contributed by atoms with Gasteiger partial charge in [-0.1, -0.05) is 37.6 Å². The van der Waals surface area contributed by atoms with Crippen LogP contribution in [0.3, 0.4) is 0 Å². The number of aliphatic imine (C=N–C) groups is 1. The molecule has 0 radical (unpaired) electrons. The van der Waals surface area contributed by atoms with E-state index in [2.05, 4.69) is 47.5 Å². The largest absolute Gasteiger partial charge is 0.356 e. The molecule has 0 amide bonds. The van der Waals surface area contributed by atoms with Gasteiger partial charge >= 0.3 is 0 Å². The van der Waals surface area contributed by atoms with Gasteiger partial charge in [-0.15, -0.1) is 24.0 Å². The van der Waals surface area contributed by atoms with Crippen LogP contribution in [0.2, 0.25) is 5.02 Å². The van der Waals surface area contributed by atoms with E-state index in [-0.39, 0.29) is 29.4 Å². The van der Waals surface area contributed by atoms with Crippen molar-refractivity contribution in [1.29, 1.82) is 0 Å². The van der Waals surface area contributed by atoms with Crippen LogP contribution in [0.4, 0.5) is 0 Å². The SMILES string of the molecule is CN=C(NCC1CCN(C)C1)NCC(C)(C)Cc1cccc(Cl)c1.I. The summed E-state index contributed by atoms with van der Waals surface area (Å²) in [6.45, 7) is 8.75. The predicted molar refractivity (Wildman–Crippen MR) is 119 cm³/mol. The summed E-state index contributed by atoms with van der Waals surface area (Å²) in [7, 11) is 4.02. The minimum Gasteiger partial charge on any atom is -0.356 e. The van der Waals surface area contributed by atoms with Crippen molar-refractivity contribution in [2.45, 2.75) is 26.7 Å². The highest BCUT2D eigenvalue weighted by molar-refractivity contribution is 14.0. The minimum atomic E-state index is 0. The molecular weight excluding hydrogens is 447 g/mol. The zero-order valence-electron chi connectivity index (χ0n) is 15.8. The molecule has 0 bridgehead atoms. The third kappa shape index (κ3) is 8.13. The van der Waals surface area contributed by atoms with Crippen LogP contribution in [0.15, 0.2) is 29.3 Å². The molecule has 0 aliphatic carbocycles. The molecule has 2 rings (SSSR count). The van der Waals surface area contributed by atoms with Crippen LogP contribution in [-0.4, -0.2) is 51.1 Å². The van der Waals surface area contributed by atoms with Crippen LogP contribution < -0.4 is 10.6 Å². The molecule has 1 aromatic rings. The molecule has 1 aliphatic rings.